The van der Waals surface area contributed by atoms with Crippen molar-refractivity contribution < 1.29 is 4.79 Å². The quantitative estimate of drug-likeness (QED) is 0.316. The maximum atomic E-state index is 9.96. The van der Waals surface area contributed by atoms with Crippen LogP contribution in [-0.2, 0) is 4.79 Å². The third-order valence-electron chi connectivity index (χ3n) is 1.78. The van der Waals surface area contributed by atoms with E-state index in [4.69, 9.17) is 0 Å². The zero-order chi connectivity index (χ0) is 9.78. The van der Waals surface area contributed by atoms with Crippen LogP contribution in [0.1, 0.15) is 45.4 Å². The predicted octanol–water partition coefficient (Wildman–Crippen LogP) is 3.66. The van der Waals surface area contributed by atoms with Gasteiger partial charge < -0.3 is 4.79 Å². The van der Waals surface area contributed by atoms with E-state index >= 15 is 0 Å². The molecule has 0 rings (SSSR count). The van der Waals surface area contributed by atoms with E-state index in [9.17, 15) is 4.79 Å². The highest BCUT2D eigenvalue weighted by Gasteiger charge is 1.78. The van der Waals surface area contributed by atoms with E-state index in [-0.39, 0.29) is 0 Å². The molecule has 0 amide bonds. The molecule has 0 aliphatic carbocycles. The van der Waals surface area contributed by atoms with Crippen molar-refractivity contribution in [2.75, 3.05) is 0 Å². The van der Waals surface area contributed by atoms with Crippen LogP contribution in [0.15, 0.2) is 24.3 Å². The first-order valence-electron chi connectivity index (χ1n) is 5.15. The SMILES string of the molecule is CCCCC=CCC=CCCC=O. The van der Waals surface area contributed by atoms with Crippen LogP contribution < -0.4 is 0 Å². The minimum absolute atomic E-state index is 0.649. The molecule has 0 aromatic carbocycles. The number of carbonyl (C=O) groups excluding carboxylic acids is 1. The minimum Gasteiger partial charge on any atom is -0.303 e. The number of carbonyl (C=O) groups is 1. The number of unbranched alkanes of at least 4 members (excludes halogenated alkanes) is 3. The average molecular weight is 180 g/mol. The first-order valence-corrected chi connectivity index (χ1v) is 5.15. The highest BCUT2D eigenvalue weighted by molar-refractivity contribution is 5.49. The van der Waals surface area contributed by atoms with Gasteiger partial charge in [0.2, 0.25) is 0 Å². The first-order chi connectivity index (χ1) is 6.41. The maximum absolute atomic E-state index is 9.96. The van der Waals surface area contributed by atoms with Crippen LogP contribution in [0.25, 0.3) is 0 Å². The lowest BCUT2D eigenvalue weighted by Crippen LogP contribution is -1.70. The highest BCUT2D eigenvalue weighted by atomic mass is 16.1. The summed E-state index contributed by atoms with van der Waals surface area (Å²) in [4.78, 5) is 9.96. The number of hydrogen-bond acceptors (Lipinski definition) is 1. The van der Waals surface area contributed by atoms with Gasteiger partial charge in [0.05, 0.1) is 0 Å². The van der Waals surface area contributed by atoms with Gasteiger partial charge in [0.25, 0.3) is 0 Å². The summed E-state index contributed by atoms with van der Waals surface area (Å²) in [6.07, 6.45) is 15.8. The van der Waals surface area contributed by atoms with Crippen LogP contribution in [0.3, 0.4) is 0 Å². The van der Waals surface area contributed by atoms with Gasteiger partial charge in [-0.15, -0.1) is 0 Å². The number of aldehydes is 1. The summed E-state index contributed by atoms with van der Waals surface area (Å²) in [6.45, 7) is 2.20. The lowest BCUT2D eigenvalue weighted by Gasteiger charge is -1.87. The summed E-state index contributed by atoms with van der Waals surface area (Å²) >= 11 is 0. The molecule has 0 unspecified atom stereocenters. The molecule has 0 bridgehead atoms. The van der Waals surface area contributed by atoms with Crippen molar-refractivity contribution in [2.45, 2.75) is 45.4 Å². The van der Waals surface area contributed by atoms with Crippen LogP contribution in [0.2, 0.25) is 0 Å². The molecule has 0 atom stereocenters. The third-order valence-corrected chi connectivity index (χ3v) is 1.78. The average Bonchev–Trinajstić information content (AvgIpc) is 2.16. The van der Waals surface area contributed by atoms with Crippen molar-refractivity contribution in [3.63, 3.8) is 0 Å². The molecule has 0 fully saturated rings. The monoisotopic (exact) mass is 180 g/mol. The van der Waals surface area contributed by atoms with Crippen molar-refractivity contribution in [1.82, 2.24) is 0 Å². The molecule has 0 spiro atoms. The van der Waals surface area contributed by atoms with Gasteiger partial charge in [-0.1, -0.05) is 44.1 Å². The number of allylic oxidation sites excluding steroid dienone is 4. The maximum Gasteiger partial charge on any atom is 0.120 e. The Labute approximate surface area is 81.5 Å². The Kier molecular flexibility index (Phi) is 10.4. The Morgan fingerprint density at radius 2 is 1.62 bits per heavy atom. The molecule has 0 saturated carbocycles. The van der Waals surface area contributed by atoms with Crippen LogP contribution in [0.5, 0.6) is 0 Å². The van der Waals surface area contributed by atoms with Gasteiger partial charge in [0.1, 0.15) is 6.29 Å². The molecule has 0 N–H and O–H groups in total. The van der Waals surface area contributed by atoms with Crippen molar-refractivity contribution in [3.05, 3.63) is 24.3 Å². The zero-order valence-electron chi connectivity index (χ0n) is 8.54. The molecule has 0 saturated heterocycles. The lowest BCUT2D eigenvalue weighted by atomic mass is 10.2. The van der Waals surface area contributed by atoms with Gasteiger partial charge in [-0.3, -0.25) is 0 Å². The predicted molar refractivity (Wildman–Crippen MR) is 57.7 cm³/mol. The summed E-state index contributed by atoms with van der Waals surface area (Å²) in [7, 11) is 0. The van der Waals surface area contributed by atoms with Crippen LogP contribution in [0.4, 0.5) is 0 Å². The smallest absolute Gasteiger partial charge is 0.120 e. The summed E-state index contributed by atoms with van der Waals surface area (Å²) in [5.41, 5.74) is 0. The second kappa shape index (κ2) is 11.2. The Hall–Kier alpha value is -0.850. The summed E-state index contributed by atoms with van der Waals surface area (Å²) in [5, 5.41) is 0. The molecule has 0 aromatic heterocycles. The number of rotatable bonds is 8. The Bertz CT molecular complexity index is 157. The Morgan fingerprint density at radius 3 is 2.23 bits per heavy atom. The van der Waals surface area contributed by atoms with E-state index in [1.807, 2.05) is 0 Å². The van der Waals surface area contributed by atoms with E-state index in [1.165, 1.54) is 19.3 Å². The van der Waals surface area contributed by atoms with E-state index < -0.39 is 0 Å². The molecule has 74 valence electrons. The molecule has 1 heteroatoms. The lowest BCUT2D eigenvalue weighted by molar-refractivity contribution is -0.107. The molecule has 0 aliphatic rings. The second-order valence-electron chi connectivity index (χ2n) is 3.06. The molecule has 0 aromatic rings. The molecular formula is C12H20O. The highest BCUT2D eigenvalue weighted by Crippen LogP contribution is 1.97. The van der Waals surface area contributed by atoms with Crippen molar-refractivity contribution in [1.29, 1.82) is 0 Å². The van der Waals surface area contributed by atoms with Crippen molar-refractivity contribution in [2.24, 2.45) is 0 Å². The summed E-state index contributed by atoms with van der Waals surface area (Å²) in [5.74, 6) is 0. The van der Waals surface area contributed by atoms with Crippen molar-refractivity contribution >= 4 is 6.29 Å². The van der Waals surface area contributed by atoms with Gasteiger partial charge in [0, 0.05) is 6.42 Å². The Morgan fingerprint density at radius 1 is 0.923 bits per heavy atom. The Balaban J connectivity index is 3.17. The van der Waals surface area contributed by atoms with Gasteiger partial charge in [0.15, 0.2) is 0 Å². The molecular weight excluding hydrogens is 160 g/mol. The topological polar surface area (TPSA) is 17.1 Å². The van der Waals surface area contributed by atoms with Gasteiger partial charge in [-0.2, -0.15) is 0 Å². The fourth-order valence-electron chi connectivity index (χ4n) is 0.993. The normalized spacial score (nSPS) is 11.5. The van der Waals surface area contributed by atoms with Crippen LogP contribution >= 0.6 is 0 Å². The second-order valence-corrected chi connectivity index (χ2v) is 3.06. The summed E-state index contributed by atoms with van der Waals surface area (Å²) in [6, 6.07) is 0. The fourth-order valence-corrected chi connectivity index (χ4v) is 0.993. The minimum atomic E-state index is 0.649. The van der Waals surface area contributed by atoms with Crippen LogP contribution in [-0.4, -0.2) is 6.29 Å². The van der Waals surface area contributed by atoms with E-state index in [0.717, 1.165) is 19.1 Å². The van der Waals surface area contributed by atoms with E-state index in [1.54, 1.807) is 0 Å². The van der Waals surface area contributed by atoms with E-state index in [2.05, 4.69) is 31.2 Å². The third kappa shape index (κ3) is 11.1. The van der Waals surface area contributed by atoms with Gasteiger partial charge in [-0.25, -0.2) is 0 Å². The largest absolute Gasteiger partial charge is 0.303 e. The van der Waals surface area contributed by atoms with E-state index in [0.29, 0.717) is 6.42 Å². The molecule has 0 radical (unpaired) electrons. The molecule has 0 aliphatic heterocycles. The van der Waals surface area contributed by atoms with Crippen LogP contribution in [0, 0.1) is 0 Å². The molecule has 13 heavy (non-hydrogen) atoms. The standard InChI is InChI=1S/C12H20O/c1-2-3-4-5-6-7-8-9-10-11-12-13/h5-6,8-9,12H,2-4,7,10-11H2,1H3. The summed E-state index contributed by atoms with van der Waals surface area (Å²) < 4.78 is 0. The van der Waals surface area contributed by atoms with Crippen molar-refractivity contribution in [3.8, 4) is 0 Å². The fraction of sp³-hybridized carbons (Fsp3) is 0.583. The first kappa shape index (κ1) is 12.2. The number of hydrogen-bond donors (Lipinski definition) is 0. The molecule has 1 nitrogen and oxygen atoms in total. The van der Waals surface area contributed by atoms with Gasteiger partial charge >= 0.3 is 0 Å². The molecule has 0 heterocycles. The van der Waals surface area contributed by atoms with Gasteiger partial charge in [-0.05, 0) is 19.3 Å². The zero-order valence-corrected chi connectivity index (χ0v) is 8.54.